The normalized spacial score (nSPS) is 21.4. The van der Waals surface area contributed by atoms with E-state index in [1.54, 1.807) is 6.07 Å². The molecule has 0 aromatic carbocycles. The lowest BCUT2D eigenvalue weighted by Crippen LogP contribution is -2.31. The maximum Gasteiger partial charge on any atom is 0.371 e. The van der Waals surface area contributed by atoms with Gasteiger partial charge in [-0.1, -0.05) is 0 Å². The van der Waals surface area contributed by atoms with E-state index in [2.05, 4.69) is 4.90 Å². The van der Waals surface area contributed by atoms with Gasteiger partial charge < -0.3 is 14.6 Å². The first-order valence-electron chi connectivity index (χ1n) is 5.37. The van der Waals surface area contributed by atoms with Gasteiger partial charge in [-0.05, 0) is 31.5 Å². The fourth-order valence-corrected chi connectivity index (χ4v) is 2.09. The van der Waals surface area contributed by atoms with E-state index in [1.807, 2.05) is 0 Å². The van der Waals surface area contributed by atoms with Crippen LogP contribution in [0.4, 0.5) is 0 Å². The van der Waals surface area contributed by atoms with Gasteiger partial charge in [-0.25, -0.2) is 4.79 Å². The molecule has 0 aliphatic carbocycles. The number of carboxylic acids is 1. The summed E-state index contributed by atoms with van der Waals surface area (Å²) < 4.78 is 5.18. The van der Waals surface area contributed by atoms with Crippen molar-refractivity contribution in [2.75, 3.05) is 13.2 Å². The third-order valence-electron chi connectivity index (χ3n) is 2.94. The molecule has 0 amide bonds. The highest BCUT2D eigenvalue weighted by Gasteiger charge is 2.24. The van der Waals surface area contributed by atoms with Crippen LogP contribution < -0.4 is 0 Å². The van der Waals surface area contributed by atoms with E-state index in [-0.39, 0.29) is 18.4 Å². The summed E-state index contributed by atoms with van der Waals surface area (Å²) in [7, 11) is 0. The maximum absolute atomic E-state index is 10.6. The van der Waals surface area contributed by atoms with E-state index in [4.69, 9.17) is 14.6 Å². The second-order valence-electron chi connectivity index (χ2n) is 4.02. The molecule has 1 aromatic rings. The molecule has 5 nitrogen and oxygen atoms in total. The van der Waals surface area contributed by atoms with Crippen molar-refractivity contribution in [1.29, 1.82) is 0 Å². The Hall–Kier alpha value is -1.33. The standard InChI is InChI=1S/C11H15NO4/c13-7-8-2-1-5-12(8)6-9-3-4-10(16-9)11(14)15/h3-4,8,13H,1-2,5-7H2,(H,14,15). The zero-order chi connectivity index (χ0) is 11.5. The predicted octanol–water partition coefficient (Wildman–Crippen LogP) is 0.934. The molecule has 0 bridgehead atoms. The highest BCUT2D eigenvalue weighted by molar-refractivity contribution is 5.84. The summed E-state index contributed by atoms with van der Waals surface area (Å²) in [6, 6.07) is 3.32. The Morgan fingerprint density at radius 3 is 3.00 bits per heavy atom. The number of aliphatic hydroxyl groups is 1. The van der Waals surface area contributed by atoms with Crippen LogP contribution >= 0.6 is 0 Å². The Bertz CT molecular complexity index is 374. The molecule has 1 aliphatic rings. The molecule has 1 fully saturated rings. The molecule has 2 rings (SSSR count). The fraction of sp³-hybridized carbons (Fsp3) is 0.545. The van der Waals surface area contributed by atoms with Gasteiger partial charge in [0.25, 0.3) is 0 Å². The van der Waals surface area contributed by atoms with E-state index in [1.165, 1.54) is 6.07 Å². The smallest absolute Gasteiger partial charge is 0.371 e. The molecule has 0 saturated carbocycles. The van der Waals surface area contributed by atoms with E-state index in [0.29, 0.717) is 12.3 Å². The van der Waals surface area contributed by atoms with Crippen molar-refractivity contribution in [1.82, 2.24) is 4.90 Å². The summed E-state index contributed by atoms with van der Waals surface area (Å²) in [5, 5.41) is 17.9. The lowest BCUT2D eigenvalue weighted by Gasteiger charge is -2.20. The lowest BCUT2D eigenvalue weighted by atomic mass is 10.2. The zero-order valence-electron chi connectivity index (χ0n) is 8.93. The van der Waals surface area contributed by atoms with Gasteiger partial charge in [-0.2, -0.15) is 0 Å². The number of rotatable bonds is 4. The Morgan fingerprint density at radius 2 is 2.38 bits per heavy atom. The summed E-state index contributed by atoms with van der Waals surface area (Å²) in [5.41, 5.74) is 0. The number of aliphatic hydroxyl groups excluding tert-OH is 1. The minimum atomic E-state index is -1.05. The van der Waals surface area contributed by atoms with Gasteiger partial charge in [0.2, 0.25) is 5.76 Å². The van der Waals surface area contributed by atoms with Crippen LogP contribution in [0.3, 0.4) is 0 Å². The second kappa shape index (κ2) is 4.67. The Morgan fingerprint density at radius 1 is 1.56 bits per heavy atom. The molecule has 88 valence electrons. The Balaban J connectivity index is 2.00. The average Bonchev–Trinajstić information content (AvgIpc) is 2.87. The van der Waals surface area contributed by atoms with Crippen LogP contribution in [0.15, 0.2) is 16.5 Å². The number of furan rings is 1. The monoisotopic (exact) mass is 225 g/mol. The largest absolute Gasteiger partial charge is 0.475 e. The van der Waals surface area contributed by atoms with Gasteiger partial charge in [0.05, 0.1) is 13.2 Å². The van der Waals surface area contributed by atoms with E-state index < -0.39 is 5.97 Å². The topological polar surface area (TPSA) is 73.9 Å². The first-order valence-corrected chi connectivity index (χ1v) is 5.37. The van der Waals surface area contributed by atoms with Gasteiger partial charge in [0.15, 0.2) is 0 Å². The number of carboxylic acid groups (broad SMARTS) is 1. The minimum Gasteiger partial charge on any atom is -0.475 e. The van der Waals surface area contributed by atoms with Crippen molar-refractivity contribution in [3.8, 4) is 0 Å². The maximum atomic E-state index is 10.6. The van der Waals surface area contributed by atoms with Gasteiger partial charge in [0, 0.05) is 6.04 Å². The van der Waals surface area contributed by atoms with E-state index in [9.17, 15) is 4.79 Å². The number of hydrogen-bond acceptors (Lipinski definition) is 4. The molecule has 2 heterocycles. The highest BCUT2D eigenvalue weighted by Crippen LogP contribution is 2.20. The summed E-state index contributed by atoms with van der Waals surface area (Å²) >= 11 is 0. The average molecular weight is 225 g/mol. The van der Waals surface area contributed by atoms with Crippen molar-refractivity contribution in [2.24, 2.45) is 0 Å². The van der Waals surface area contributed by atoms with Crippen LogP contribution in [0.1, 0.15) is 29.2 Å². The molecule has 0 spiro atoms. The molecule has 16 heavy (non-hydrogen) atoms. The van der Waals surface area contributed by atoms with Gasteiger partial charge in [-0.15, -0.1) is 0 Å². The van der Waals surface area contributed by atoms with Gasteiger partial charge >= 0.3 is 5.97 Å². The number of aromatic carboxylic acids is 1. The zero-order valence-corrected chi connectivity index (χ0v) is 8.93. The van der Waals surface area contributed by atoms with Crippen molar-refractivity contribution < 1.29 is 19.4 Å². The molecule has 2 N–H and O–H groups in total. The molecule has 5 heteroatoms. The molecular formula is C11H15NO4. The third-order valence-corrected chi connectivity index (χ3v) is 2.94. The molecule has 1 aliphatic heterocycles. The summed E-state index contributed by atoms with van der Waals surface area (Å²) in [6.07, 6.45) is 2.06. The SMILES string of the molecule is O=C(O)c1ccc(CN2CCCC2CO)o1. The van der Waals surface area contributed by atoms with Crippen molar-refractivity contribution in [2.45, 2.75) is 25.4 Å². The highest BCUT2D eigenvalue weighted by atomic mass is 16.4. The van der Waals surface area contributed by atoms with Crippen LogP contribution in [-0.2, 0) is 6.54 Å². The van der Waals surface area contributed by atoms with Crippen LogP contribution in [-0.4, -0.2) is 40.3 Å². The van der Waals surface area contributed by atoms with Crippen LogP contribution in [0, 0.1) is 0 Å². The fourth-order valence-electron chi connectivity index (χ4n) is 2.09. The molecule has 1 unspecified atom stereocenters. The van der Waals surface area contributed by atoms with Crippen LogP contribution in [0.2, 0.25) is 0 Å². The van der Waals surface area contributed by atoms with Gasteiger partial charge in [-0.3, -0.25) is 4.90 Å². The molecule has 1 saturated heterocycles. The Kier molecular flexibility index (Phi) is 3.26. The summed E-state index contributed by atoms with van der Waals surface area (Å²) in [4.78, 5) is 12.7. The molecule has 0 radical (unpaired) electrons. The first-order chi connectivity index (χ1) is 7.70. The number of nitrogens with zero attached hydrogens (tertiary/aromatic N) is 1. The summed E-state index contributed by atoms with van der Waals surface area (Å²) in [6.45, 7) is 1.64. The third kappa shape index (κ3) is 2.25. The number of likely N-dealkylation sites (tertiary alicyclic amines) is 1. The van der Waals surface area contributed by atoms with Crippen LogP contribution in [0.25, 0.3) is 0 Å². The predicted molar refractivity (Wildman–Crippen MR) is 56.2 cm³/mol. The number of carbonyl (C=O) groups is 1. The summed E-state index contributed by atoms with van der Waals surface area (Å²) in [5.74, 6) is -0.445. The van der Waals surface area contributed by atoms with E-state index >= 15 is 0 Å². The second-order valence-corrected chi connectivity index (χ2v) is 4.02. The quantitative estimate of drug-likeness (QED) is 0.797. The van der Waals surface area contributed by atoms with E-state index in [0.717, 1.165) is 19.4 Å². The molecule has 1 aromatic heterocycles. The van der Waals surface area contributed by atoms with Crippen molar-refractivity contribution in [3.05, 3.63) is 23.7 Å². The minimum absolute atomic E-state index is 0.0326. The van der Waals surface area contributed by atoms with Crippen molar-refractivity contribution in [3.63, 3.8) is 0 Å². The Labute approximate surface area is 93.3 Å². The molecular weight excluding hydrogens is 210 g/mol. The number of hydrogen-bond donors (Lipinski definition) is 2. The molecule has 1 atom stereocenters. The van der Waals surface area contributed by atoms with Gasteiger partial charge in [0.1, 0.15) is 5.76 Å². The first kappa shape index (κ1) is 11.2. The van der Waals surface area contributed by atoms with Crippen LogP contribution in [0.5, 0.6) is 0 Å². The lowest BCUT2D eigenvalue weighted by molar-refractivity contribution is 0.0656. The van der Waals surface area contributed by atoms with Crippen molar-refractivity contribution >= 4 is 5.97 Å².